The average molecular weight is 993 g/mol. The molecule has 0 spiro atoms. The van der Waals surface area contributed by atoms with Gasteiger partial charge in [0.25, 0.3) is 0 Å². The quantitative estimate of drug-likeness (QED) is 0.127. The maximum Gasteiger partial charge on any atom is 0.0462 e. The van der Waals surface area contributed by atoms with Crippen LogP contribution in [0.1, 0.15) is 0 Å². The normalized spacial score (nSPS) is 11.3. The molecule has 0 heterocycles. The Morgan fingerprint density at radius 2 is 0.321 bits per heavy atom. The van der Waals surface area contributed by atoms with Crippen LogP contribution in [0.25, 0.3) is 98.7 Å². The van der Waals surface area contributed by atoms with E-state index in [-0.39, 0.29) is 0 Å². The minimum Gasteiger partial charge on any atom is -0.311 e. The van der Waals surface area contributed by atoms with Crippen LogP contribution in [0.15, 0.2) is 315 Å². The molecule has 366 valence electrons. The van der Waals surface area contributed by atoms with Crippen molar-refractivity contribution in [3.05, 3.63) is 315 Å². The summed E-state index contributed by atoms with van der Waals surface area (Å²) in [6.07, 6.45) is 0. The van der Waals surface area contributed by atoms with Gasteiger partial charge in [0.15, 0.2) is 0 Å². The lowest BCUT2D eigenvalue weighted by Crippen LogP contribution is -2.10. The summed E-state index contributed by atoms with van der Waals surface area (Å²) in [5.41, 5.74) is 18.5. The van der Waals surface area contributed by atoms with Crippen LogP contribution in [-0.2, 0) is 0 Å². The van der Waals surface area contributed by atoms with Gasteiger partial charge >= 0.3 is 0 Å². The van der Waals surface area contributed by atoms with Gasteiger partial charge in [-0.15, -0.1) is 0 Å². The second-order valence-electron chi connectivity index (χ2n) is 20.1. The second-order valence-corrected chi connectivity index (χ2v) is 20.1. The summed E-state index contributed by atoms with van der Waals surface area (Å²) >= 11 is 0. The molecule has 0 aliphatic heterocycles. The first-order chi connectivity index (χ1) is 38.7. The average Bonchev–Trinajstić information content (AvgIpc) is 3.53. The van der Waals surface area contributed by atoms with Crippen molar-refractivity contribution in [2.24, 2.45) is 0 Å². The van der Waals surface area contributed by atoms with Crippen molar-refractivity contribution in [2.75, 3.05) is 9.80 Å². The Hall–Kier alpha value is -10.3. The molecular weight excluding hydrogens is 941 g/mol. The van der Waals surface area contributed by atoms with E-state index in [2.05, 4.69) is 325 Å². The summed E-state index contributed by atoms with van der Waals surface area (Å²) in [5.74, 6) is 0. The minimum atomic E-state index is 1.08. The van der Waals surface area contributed by atoms with Crippen molar-refractivity contribution in [1.82, 2.24) is 0 Å². The van der Waals surface area contributed by atoms with Crippen molar-refractivity contribution in [1.29, 1.82) is 0 Å². The van der Waals surface area contributed by atoms with Gasteiger partial charge in [-0.1, -0.05) is 243 Å². The lowest BCUT2D eigenvalue weighted by atomic mass is 9.97. The predicted octanol–water partition coefficient (Wildman–Crippen LogP) is 21.6. The third kappa shape index (κ3) is 8.72. The molecule has 0 aromatic heterocycles. The third-order valence-corrected chi connectivity index (χ3v) is 15.5. The fraction of sp³-hybridized carbons (Fsp3) is 0. The minimum absolute atomic E-state index is 1.08. The zero-order chi connectivity index (χ0) is 51.8. The lowest BCUT2D eigenvalue weighted by molar-refractivity contribution is 1.28. The molecule has 0 atom stereocenters. The highest BCUT2D eigenvalue weighted by molar-refractivity contribution is 6.00. The Morgan fingerprint density at radius 3 is 0.538 bits per heavy atom. The summed E-state index contributed by atoms with van der Waals surface area (Å²) in [5, 5.41) is 9.97. The number of nitrogens with zero attached hydrogens (tertiary/aromatic N) is 2. The molecule has 0 saturated carbocycles. The van der Waals surface area contributed by atoms with Gasteiger partial charge in [-0.2, -0.15) is 0 Å². The highest BCUT2D eigenvalue weighted by atomic mass is 15.1. The first-order valence-electron chi connectivity index (χ1n) is 26.8. The van der Waals surface area contributed by atoms with Gasteiger partial charge in [-0.05, 0) is 172 Å². The molecule has 2 nitrogen and oxygen atoms in total. The first kappa shape index (κ1) is 46.3. The van der Waals surface area contributed by atoms with Crippen molar-refractivity contribution in [3.63, 3.8) is 0 Å². The highest BCUT2D eigenvalue weighted by Gasteiger charge is 2.18. The van der Waals surface area contributed by atoms with Crippen LogP contribution in [0, 0.1) is 0 Å². The van der Waals surface area contributed by atoms with E-state index < -0.39 is 0 Å². The molecule has 14 rings (SSSR count). The molecule has 0 unspecified atom stereocenters. The van der Waals surface area contributed by atoms with E-state index in [4.69, 9.17) is 0 Å². The highest BCUT2D eigenvalue weighted by Crippen LogP contribution is 2.42. The number of fused-ring (bicyclic) bond motifs is 4. The number of benzene rings is 14. The van der Waals surface area contributed by atoms with E-state index in [1.807, 2.05) is 0 Å². The van der Waals surface area contributed by atoms with E-state index in [1.165, 1.54) is 87.6 Å². The number of rotatable bonds is 11. The maximum absolute atomic E-state index is 2.36. The van der Waals surface area contributed by atoms with E-state index in [0.717, 1.165) is 45.3 Å². The number of hydrogen-bond acceptors (Lipinski definition) is 2. The van der Waals surface area contributed by atoms with Crippen LogP contribution in [0.3, 0.4) is 0 Å². The van der Waals surface area contributed by atoms with Gasteiger partial charge in [0.2, 0.25) is 0 Å². The van der Waals surface area contributed by atoms with Gasteiger partial charge in [0, 0.05) is 34.1 Å². The lowest BCUT2D eigenvalue weighted by Gasteiger charge is -2.27. The smallest absolute Gasteiger partial charge is 0.0462 e. The van der Waals surface area contributed by atoms with Gasteiger partial charge in [-0.25, -0.2) is 0 Å². The van der Waals surface area contributed by atoms with Gasteiger partial charge in [0.1, 0.15) is 0 Å². The molecule has 2 heteroatoms. The summed E-state index contributed by atoms with van der Waals surface area (Å²) in [7, 11) is 0. The molecule has 0 saturated heterocycles. The SMILES string of the molecule is c1ccc2c(-c3ccc(N(c4ccc(-c5ccc(N(c6ccc(-c7cccc8ccccc78)cc6)c6ccc(-c7cccc8ccccc78)cc6)cc5)cc4)c4ccc(-c5cccc6ccccc56)cc4)cc3)cccc2c1. The largest absolute Gasteiger partial charge is 0.311 e. The van der Waals surface area contributed by atoms with Gasteiger partial charge in [0.05, 0.1) is 0 Å². The Morgan fingerprint density at radius 1 is 0.141 bits per heavy atom. The topological polar surface area (TPSA) is 6.48 Å². The molecule has 0 aliphatic rings. The van der Waals surface area contributed by atoms with Crippen LogP contribution in [0.5, 0.6) is 0 Å². The zero-order valence-electron chi connectivity index (χ0n) is 42.9. The molecular formula is C76H52N2. The van der Waals surface area contributed by atoms with Crippen molar-refractivity contribution < 1.29 is 0 Å². The van der Waals surface area contributed by atoms with E-state index >= 15 is 0 Å². The molecule has 0 amide bonds. The Labute approximate surface area is 455 Å². The fourth-order valence-corrected chi connectivity index (χ4v) is 11.6. The van der Waals surface area contributed by atoms with Crippen LogP contribution >= 0.6 is 0 Å². The molecule has 0 radical (unpaired) electrons. The molecule has 0 fully saturated rings. The van der Waals surface area contributed by atoms with Gasteiger partial charge < -0.3 is 9.80 Å². The summed E-state index contributed by atoms with van der Waals surface area (Å²) in [6.45, 7) is 0. The van der Waals surface area contributed by atoms with Crippen LogP contribution in [0.2, 0.25) is 0 Å². The van der Waals surface area contributed by atoms with Crippen LogP contribution in [-0.4, -0.2) is 0 Å². The number of hydrogen-bond donors (Lipinski definition) is 0. The summed E-state index contributed by atoms with van der Waals surface area (Å²) < 4.78 is 0. The molecule has 14 aromatic carbocycles. The Balaban J connectivity index is 0.802. The second kappa shape index (κ2) is 20.1. The molecule has 0 aliphatic carbocycles. The first-order valence-corrected chi connectivity index (χ1v) is 26.8. The number of anilines is 6. The van der Waals surface area contributed by atoms with E-state index in [1.54, 1.807) is 0 Å². The molecule has 14 aromatic rings. The molecule has 0 bridgehead atoms. The van der Waals surface area contributed by atoms with E-state index in [0.29, 0.717) is 0 Å². The van der Waals surface area contributed by atoms with Gasteiger partial charge in [-0.3, -0.25) is 0 Å². The molecule has 78 heavy (non-hydrogen) atoms. The van der Waals surface area contributed by atoms with Crippen LogP contribution < -0.4 is 9.80 Å². The summed E-state index contributed by atoms with van der Waals surface area (Å²) in [6, 6.07) is 115. The zero-order valence-corrected chi connectivity index (χ0v) is 42.9. The Bertz CT molecular complexity index is 3890. The fourth-order valence-electron chi connectivity index (χ4n) is 11.6. The standard InChI is InChI=1S/C76H52N2/c1-5-21-69-55(13-1)17-9-25-73(69)59-33-45-65(46-34-59)77(66-47-35-60(36-48-66)74-26-10-18-56-14-2-6-22-70(56)74)63-41-29-53(30-42-63)54-31-43-64(44-32-54)78(67-49-37-61(38-50-67)75-27-11-19-57-15-3-7-23-71(57)75)68-51-39-62(40-52-68)76-28-12-20-58-16-4-8-24-72(58)76/h1-52H. The Kier molecular flexibility index (Phi) is 11.9. The third-order valence-electron chi connectivity index (χ3n) is 15.5. The van der Waals surface area contributed by atoms with Crippen molar-refractivity contribution >= 4 is 77.2 Å². The maximum atomic E-state index is 2.36. The van der Waals surface area contributed by atoms with Crippen LogP contribution in [0.4, 0.5) is 34.1 Å². The van der Waals surface area contributed by atoms with Crippen molar-refractivity contribution in [3.8, 4) is 55.6 Å². The molecule has 0 N–H and O–H groups in total. The van der Waals surface area contributed by atoms with E-state index in [9.17, 15) is 0 Å². The predicted molar refractivity (Wildman–Crippen MR) is 333 cm³/mol. The summed E-state index contributed by atoms with van der Waals surface area (Å²) in [4.78, 5) is 4.73. The monoisotopic (exact) mass is 992 g/mol. The van der Waals surface area contributed by atoms with Crippen molar-refractivity contribution in [2.45, 2.75) is 0 Å².